The molecule has 0 heterocycles. The summed E-state index contributed by atoms with van der Waals surface area (Å²) in [6.07, 6.45) is 3.17. The zero-order valence-electron chi connectivity index (χ0n) is 13.6. The number of hydrogen-bond acceptors (Lipinski definition) is 5. The Morgan fingerprint density at radius 2 is 1.77 bits per heavy atom. The normalized spacial score (nSPS) is 14.5. The van der Waals surface area contributed by atoms with Gasteiger partial charge in [-0.25, -0.2) is 0 Å². The van der Waals surface area contributed by atoms with Gasteiger partial charge in [0.1, 0.15) is 5.60 Å². The van der Waals surface area contributed by atoms with Crippen LogP contribution in [0.1, 0.15) is 18.4 Å². The van der Waals surface area contributed by atoms with Crippen LogP contribution in [0.15, 0.2) is 43.0 Å². The summed E-state index contributed by atoms with van der Waals surface area (Å²) in [5.41, 5.74) is 11.7. The molecule has 22 heavy (non-hydrogen) atoms. The molecule has 0 amide bonds. The maximum atomic E-state index is 6.44. The van der Waals surface area contributed by atoms with Gasteiger partial charge in [-0.2, -0.15) is 0 Å². The van der Waals surface area contributed by atoms with Gasteiger partial charge < -0.3 is 24.7 Å². The van der Waals surface area contributed by atoms with E-state index in [1.807, 2.05) is 30.3 Å². The lowest BCUT2D eigenvalue weighted by Gasteiger charge is -2.39. The van der Waals surface area contributed by atoms with Crippen LogP contribution in [0.4, 0.5) is 0 Å². The van der Waals surface area contributed by atoms with Crippen LogP contribution in [0.2, 0.25) is 6.04 Å². The number of hydrogen-bond donors (Lipinski definition) is 2. The lowest BCUT2D eigenvalue weighted by molar-refractivity contribution is 0.00554. The third kappa shape index (κ3) is 4.49. The number of benzene rings is 1. The zero-order chi connectivity index (χ0) is 16.5. The predicted molar refractivity (Wildman–Crippen MR) is 91.3 cm³/mol. The van der Waals surface area contributed by atoms with E-state index in [1.165, 1.54) is 0 Å². The van der Waals surface area contributed by atoms with Gasteiger partial charge in [-0.15, -0.1) is 0 Å². The fourth-order valence-corrected chi connectivity index (χ4v) is 4.81. The molecular formula is C16H28N2O3Si. The predicted octanol–water partition coefficient (Wildman–Crippen LogP) is 2.01. The highest BCUT2D eigenvalue weighted by molar-refractivity contribution is 6.60. The maximum Gasteiger partial charge on any atom is 0.501 e. The zero-order valence-corrected chi connectivity index (χ0v) is 14.6. The molecule has 4 N–H and O–H groups in total. The van der Waals surface area contributed by atoms with Gasteiger partial charge >= 0.3 is 8.80 Å². The van der Waals surface area contributed by atoms with Crippen LogP contribution in [0, 0.1) is 0 Å². The van der Waals surface area contributed by atoms with E-state index in [2.05, 4.69) is 6.58 Å². The van der Waals surface area contributed by atoms with Gasteiger partial charge in [-0.3, -0.25) is 0 Å². The molecule has 0 spiro atoms. The minimum Gasteiger partial charge on any atom is -0.377 e. The average Bonchev–Trinajstić information content (AvgIpc) is 2.59. The van der Waals surface area contributed by atoms with Crippen molar-refractivity contribution in [3.8, 4) is 0 Å². The summed E-state index contributed by atoms with van der Waals surface area (Å²) >= 11 is 0. The van der Waals surface area contributed by atoms with Gasteiger partial charge in [-0.05, 0) is 31.5 Å². The highest BCUT2D eigenvalue weighted by atomic mass is 28.4. The molecule has 1 aromatic rings. The molecule has 0 saturated heterocycles. The van der Waals surface area contributed by atoms with E-state index in [4.69, 9.17) is 24.7 Å². The van der Waals surface area contributed by atoms with Crippen LogP contribution in [-0.4, -0.2) is 36.1 Å². The molecule has 0 bridgehead atoms. The van der Waals surface area contributed by atoms with Crippen LogP contribution in [-0.2, 0) is 18.9 Å². The number of rotatable bonds is 11. The fraction of sp³-hybridized carbons (Fsp3) is 0.500. The van der Waals surface area contributed by atoms with Crippen molar-refractivity contribution in [1.82, 2.24) is 0 Å². The van der Waals surface area contributed by atoms with Crippen LogP contribution in [0.25, 0.3) is 0 Å². The molecule has 1 aromatic carbocycles. The van der Waals surface area contributed by atoms with Crippen molar-refractivity contribution >= 4 is 8.80 Å². The molecule has 0 aliphatic carbocycles. The molecule has 0 aliphatic heterocycles. The van der Waals surface area contributed by atoms with Gasteiger partial charge in [0.25, 0.3) is 0 Å². The van der Waals surface area contributed by atoms with Crippen molar-refractivity contribution in [3.63, 3.8) is 0 Å². The molecule has 0 fully saturated rings. The van der Waals surface area contributed by atoms with Crippen LogP contribution < -0.4 is 11.5 Å². The summed E-state index contributed by atoms with van der Waals surface area (Å²) in [6.45, 7) is 5.00. The minimum atomic E-state index is -2.85. The highest BCUT2D eigenvalue weighted by Crippen LogP contribution is 2.35. The first-order valence-electron chi connectivity index (χ1n) is 7.51. The molecule has 0 aliphatic rings. The molecular weight excluding hydrogens is 296 g/mol. The Hall–Kier alpha value is -1.02. The van der Waals surface area contributed by atoms with E-state index in [-0.39, 0.29) is 0 Å². The monoisotopic (exact) mass is 324 g/mol. The summed E-state index contributed by atoms with van der Waals surface area (Å²) in [5.74, 6) is 0. The van der Waals surface area contributed by atoms with Crippen molar-refractivity contribution in [2.45, 2.75) is 24.5 Å². The molecule has 1 unspecified atom stereocenters. The Labute approximate surface area is 134 Å². The number of nitrogens with two attached hydrogens (primary N) is 2. The first-order valence-corrected chi connectivity index (χ1v) is 9.45. The Bertz CT molecular complexity index is 440. The SMILES string of the molecule is C=CC(CCN)(O[Si](CCCN)(OC)OC)c1ccccc1. The lowest BCUT2D eigenvalue weighted by atomic mass is 9.91. The smallest absolute Gasteiger partial charge is 0.377 e. The van der Waals surface area contributed by atoms with Crippen LogP contribution in [0.3, 0.4) is 0 Å². The molecule has 6 heteroatoms. The van der Waals surface area contributed by atoms with Crippen molar-refractivity contribution in [2.24, 2.45) is 11.5 Å². The van der Waals surface area contributed by atoms with Gasteiger partial charge in [0.15, 0.2) is 0 Å². The summed E-state index contributed by atoms with van der Waals surface area (Å²) in [6, 6.07) is 10.6. The molecule has 0 radical (unpaired) electrons. The molecule has 1 rings (SSSR count). The topological polar surface area (TPSA) is 79.7 Å². The van der Waals surface area contributed by atoms with Crippen molar-refractivity contribution in [2.75, 3.05) is 27.3 Å². The van der Waals surface area contributed by atoms with E-state index >= 15 is 0 Å². The second kappa shape index (κ2) is 9.19. The second-order valence-electron chi connectivity index (χ2n) is 5.08. The molecule has 0 aromatic heterocycles. The molecule has 0 saturated carbocycles. The lowest BCUT2D eigenvalue weighted by Crippen LogP contribution is -2.51. The van der Waals surface area contributed by atoms with Gasteiger partial charge in [0.2, 0.25) is 0 Å². The fourth-order valence-electron chi connectivity index (χ4n) is 2.47. The molecule has 124 valence electrons. The summed E-state index contributed by atoms with van der Waals surface area (Å²) in [5, 5.41) is 0. The standard InChI is InChI=1S/C16H28N2O3Si/c1-4-16(11-13-18,15-9-6-5-7-10-15)21-22(19-2,20-3)14-8-12-17/h4-7,9-10H,1,8,11-14,17-18H2,2-3H3. The van der Waals surface area contributed by atoms with Gasteiger partial charge in [0.05, 0.1) is 0 Å². The van der Waals surface area contributed by atoms with E-state index in [0.717, 1.165) is 12.0 Å². The quantitative estimate of drug-likeness (QED) is 0.481. The van der Waals surface area contributed by atoms with Gasteiger partial charge in [0, 0.05) is 20.3 Å². The Morgan fingerprint density at radius 3 is 2.23 bits per heavy atom. The van der Waals surface area contributed by atoms with Crippen LogP contribution in [0.5, 0.6) is 0 Å². The molecule has 1 atom stereocenters. The largest absolute Gasteiger partial charge is 0.501 e. The van der Waals surface area contributed by atoms with Gasteiger partial charge in [-0.1, -0.05) is 43.0 Å². The average molecular weight is 324 g/mol. The van der Waals surface area contributed by atoms with Crippen molar-refractivity contribution < 1.29 is 13.3 Å². The first kappa shape index (κ1) is 19.0. The molecule has 5 nitrogen and oxygen atoms in total. The third-order valence-corrected chi connectivity index (χ3v) is 6.64. The first-order chi connectivity index (χ1) is 10.6. The van der Waals surface area contributed by atoms with Crippen LogP contribution >= 0.6 is 0 Å². The minimum absolute atomic E-state index is 0.468. The van der Waals surface area contributed by atoms with E-state index in [0.29, 0.717) is 25.6 Å². The maximum absolute atomic E-state index is 6.44. The second-order valence-corrected chi connectivity index (χ2v) is 7.97. The third-order valence-electron chi connectivity index (χ3n) is 3.75. The Kier molecular flexibility index (Phi) is 7.95. The van der Waals surface area contributed by atoms with Crippen molar-refractivity contribution in [3.05, 3.63) is 48.6 Å². The summed E-state index contributed by atoms with van der Waals surface area (Å²) < 4.78 is 17.8. The van der Waals surface area contributed by atoms with E-state index < -0.39 is 14.4 Å². The van der Waals surface area contributed by atoms with E-state index in [9.17, 15) is 0 Å². The Balaban J connectivity index is 3.18. The Morgan fingerprint density at radius 1 is 1.14 bits per heavy atom. The highest BCUT2D eigenvalue weighted by Gasteiger charge is 2.46. The van der Waals surface area contributed by atoms with Crippen molar-refractivity contribution in [1.29, 1.82) is 0 Å². The van der Waals surface area contributed by atoms with E-state index in [1.54, 1.807) is 20.3 Å². The summed E-state index contributed by atoms with van der Waals surface area (Å²) in [4.78, 5) is 0. The summed E-state index contributed by atoms with van der Waals surface area (Å²) in [7, 11) is 0.390.